The zero-order chi connectivity index (χ0) is 16.3. The monoisotopic (exact) mass is 316 g/mol. The van der Waals surface area contributed by atoms with E-state index in [-0.39, 0.29) is 17.9 Å². The maximum absolute atomic E-state index is 13.6. The van der Waals surface area contributed by atoms with E-state index in [0.717, 1.165) is 12.1 Å². The number of sulfone groups is 1. The highest BCUT2D eigenvalue weighted by atomic mass is 32.2. The normalized spacial score (nSPS) is 12.1. The highest BCUT2D eigenvalue weighted by Crippen LogP contribution is 2.25. The molecule has 0 bridgehead atoms. The third-order valence-corrected chi connectivity index (χ3v) is 4.94. The predicted octanol–water partition coefficient (Wildman–Crippen LogP) is 3.04. The van der Waals surface area contributed by atoms with Crippen molar-refractivity contribution in [1.82, 2.24) is 0 Å². The molecule has 116 valence electrons. The zero-order valence-electron chi connectivity index (χ0n) is 12.0. The Labute approximate surface area is 123 Å². The molecule has 0 saturated carbocycles. The van der Waals surface area contributed by atoms with E-state index in [1.807, 2.05) is 0 Å². The Kier molecular flexibility index (Phi) is 5.29. The Hall–Kier alpha value is -1.68. The number of hydrogen-bond donors (Lipinski definition) is 1. The van der Waals surface area contributed by atoms with Crippen LogP contribution in [0.15, 0.2) is 17.0 Å². The number of nitrogens with zero attached hydrogens (tertiary/aromatic N) is 1. The average molecular weight is 316 g/mol. The van der Waals surface area contributed by atoms with Gasteiger partial charge in [0.2, 0.25) is 0 Å². The molecule has 2 N–H and O–H groups in total. The van der Waals surface area contributed by atoms with Gasteiger partial charge in [-0.05, 0) is 38.8 Å². The smallest absolute Gasteiger partial charge is 0.184 e. The van der Waals surface area contributed by atoms with E-state index in [9.17, 15) is 17.2 Å². The van der Waals surface area contributed by atoms with Crippen molar-refractivity contribution in [2.45, 2.75) is 38.0 Å². The average Bonchev–Trinajstić information content (AvgIpc) is 2.33. The second-order valence-corrected chi connectivity index (χ2v) is 7.63. The molecule has 0 fully saturated rings. The van der Waals surface area contributed by atoms with Crippen LogP contribution in [0, 0.1) is 28.4 Å². The molecule has 1 aromatic carbocycles. The van der Waals surface area contributed by atoms with Gasteiger partial charge in [-0.1, -0.05) is 6.42 Å². The van der Waals surface area contributed by atoms with Gasteiger partial charge in [0.15, 0.2) is 9.84 Å². The number of unbranched alkanes of at least 4 members (excludes halogenated alkanes) is 1. The molecular weight excluding hydrogens is 298 g/mol. The summed E-state index contributed by atoms with van der Waals surface area (Å²) >= 11 is 0. The van der Waals surface area contributed by atoms with E-state index in [2.05, 4.69) is 6.07 Å². The third kappa shape index (κ3) is 4.67. The first kappa shape index (κ1) is 17.4. The van der Waals surface area contributed by atoms with E-state index in [1.165, 1.54) is 0 Å². The number of nitrogen functional groups attached to an aromatic ring is 1. The molecule has 0 radical (unpaired) electrons. The lowest BCUT2D eigenvalue weighted by Crippen LogP contribution is -2.13. The standard InChI is InChI=1S/C14H18F2N2O2S/c1-14(2,9-17)5-3-4-6-21(19,20)13-11(15)7-10(18)8-12(13)16/h7-8H,3-6,18H2,1-2H3. The quantitative estimate of drug-likeness (QED) is 0.646. The predicted molar refractivity (Wildman–Crippen MR) is 76.1 cm³/mol. The molecule has 7 heteroatoms. The van der Waals surface area contributed by atoms with Gasteiger partial charge in [-0.15, -0.1) is 0 Å². The van der Waals surface area contributed by atoms with Gasteiger partial charge >= 0.3 is 0 Å². The van der Waals surface area contributed by atoms with Gasteiger partial charge in [-0.3, -0.25) is 0 Å². The molecule has 1 aromatic rings. The first-order valence-corrected chi connectivity index (χ1v) is 8.13. The summed E-state index contributed by atoms with van der Waals surface area (Å²) in [5.41, 5.74) is 4.54. The van der Waals surface area contributed by atoms with Gasteiger partial charge in [0, 0.05) is 5.69 Å². The minimum atomic E-state index is -4.05. The fourth-order valence-electron chi connectivity index (χ4n) is 1.89. The van der Waals surface area contributed by atoms with Crippen molar-refractivity contribution in [3.63, 3.8) is 0 Å². The van der Waals surface area contributed by atoms with E-state index in [4.69, 9.17) is 11.0 Å². The molecular formula is C14H18F2N2O2S. The number of nitrogens with two attached hydrogens (primary N) is 1. The Balaban J connectivity index is 2.78. The van der Waals surface area contributed by atoms with Gasteiger partial charge in [0.05, 0.1) is 17.2 Å². The van der Waals surface area contributed by atoms with Crippen molar-refractivity contribution in [2.24, 2.45) is 5.41 Å². The van der Waals surface area contributed by atoms with Crippen molar-refractivity contribution in [1.29, 1.82) is 5.26 Å². The molecule has 0 unspecified atom stereocenters. The fraction of sp³-hybridized carbons (Fsp3) is 0.500. The molecule has 0 atom stereocenters. The molecule has 0 aliphatic carbocycles. The van der Waals surface area contributed by atoms with Crippen molar-refractivity contribution < 1.29 is 17.2 Å². The number of nitriles is 1. The second-order valence-electron chi connectivity index (χ2n) is 5.59. The maximum Gasteiger partial charge on any atom is 0.184 e. The van der Waals surface area contributed by atoms with Crippen LogP contribution in [-0.4, -0.2) is 14.2 Å². The summed E-state index contributed by atoms with van der Waals surface area (Å²) in [7, 11) is -4.05. The van der Waals surface area contributed by atoms with Gasteiger partial charge in [-0.2, -0.15) is 5.26 Å². The number of halogens is 2. The number of rotatable bonds is 6. The van der Waals surface area contributed by atoms with Crippen LogP contribution in [0.5, 0.6) is 0 Å². The Morgan fingerprint density at radius 1 is 1.24 bits per heavy atom. The van der Waals surface area contributed by atoms with Gasteiger partial charge < -0.3 is 5.73 Å². The topological polar surface area (TPSA) is 84.0 Å². The molecule has 4 nitrogen and oxygen atoms in total. The summed E-state index contributed by atoms with van der Waals surface area (Å²) in [6, 6.07) is 3.68. The van der Waals surface area contributed by atoms with Crippen LogP contribution in [0.2, 0.25) is 0 Å². The molecule has 0 spiro atoms. The molecule has 0 saturated heterocycles. The van der Waals surface area contributed by atoms with Crippen LogP contribution in [0.4, 0.5) is 14.5 Å². The SMILES string of the molecule is CC(C)(C#N)CCCCS(=O)(=O)c1c(F)cc(N)cc1F. The third-order valence-electron chi connectivity index (χ3n) is 3.10. The van der Waals surface area contributed by atoms with Crippen molar-refractivity contribution >= 4 is 15.5 Å². The number of anilines is 1. The zero-order valence-corrected chi connectivity index (χ0v) is 12.8. The van der Waals surface area contributed by atoms with Crippen LogP contribution in [0.3, 0.4) is 0 Å². The Morgan fingerprint density at radius 3 is 2.24 bits per heavy atom. The molecule has 0 amide bonds. The highest BCUT2D eigenvalue weighted by molar-refractivity contribution is 7.91. The fourth-order valence-corrected chi connectivity index (χ4v) is 3.39. The van der Waals surface area contributed by atoms with Crippen LogP contribution in [-0.2, 0) is 9.84 Å². The van der Waals surface area contributed by atoms with Crippen LogP contribution < -0.4 is 5.73 Å². The van der Waals surface area contributed by atoms with E-state index < -0.39 is 31.8 Å². The Bertz CT molecular complexity index is 641. The largest absolute Gasteiger partial charge is 0.399 e. The lowest BCUT2D eigenvalue weighted by molar-refractivity contribution is 0.431. The molecule has 0 aliphatic heterocycles. The molecule has 0 aromatic heterocycles. The van der Waals surface area contributed by atoms with Gasteiger partial charge in [0.1, 0.15) is 16.5 Å². The van der Waals surface area contributed by atoms with E-state index in [0.29, 0.717) is 12.8 Å². The van der Waals surface area contributed by atoms with Crippen molar-refractivity contribution in [3.05, 3.63) is 23.8 Å². The lowest BCUT2D eigenvalue weighted by Gasteiger charge is -2.14. The highest BCUT2D eigenvalue weighted by Gasteiger charge is 2.25. The molecule has 1 rings (SSSR count). The van der Waals surface area contributed by atoms with Gasteiger partial charge in [0.25, 0.3) is 0 Å². The van der Waals surface area contributed by atoms with Crippen molar-refractivity contribution in [3.8, 4) is 6.07 Å². The first-order chi connectivity index (χ1) is 9.59. The summed E-state index contributed by atoms with van der Waals surface area (Å²) in [6.07, 6.45) is 1.24. The first-order valence-electron chi connectivity index (χ1n) is 6.47. The van der Waals surface area contributed by atoms with Gasteiger partial charge in [-0.25, -0.2) is 17.2 Å². The molecule has 0 aliphatic rings. The Morgan fingerprint density at radius 2 is 1.76 bits per heavy atom. The summed E-state index contributed by atoms with van der Waals surface area (Å²) in [4.78, 5) is -0.934. The molecule has 21 heavy (non-hydrogen) atoms. The summed E-state index contributed by atoms with van der Waals surface area (Å²) in [5, 5.41) is 8.85. The van der Waals surface area contributed by atoms with Crippen LogP contribution >= 0.6 is 0 Å². The second kappa shape index (κ2) is 6.39. The van der Waals surface area contributed by atoms with Crippen LogP contribution in [0.25, 0.3) is 0 Å². The maximum atomic E-state index is 13.6. The van der Waals surface area contributed by atoms with E-state index >= 15 is 0 Å². The van der Waals surface area contributed by atoms with E-state index in [1.54, 1.807) is 13.8 Å². The van der Waals surface area contributed by atoms with Crippen molar-refractivity contribution in [2.75, 3.05) is 11.5 Å². The number of hydrogen-bond acceptors (Lipinski definition) is 4. The summed E-state index contributed by atoms with van der Waals surface area (Å²) < 4.78 is 51.2. The minimum absolute atomic E-state index is 0.167. The van der Waals surface area contributed by atoms with Crippen LogP contribution in [0.1, 0.15) is 33.1 Å². The lowest BCUT2D eigenvalue weighted by atomic mass is 9.89. The minimum Gasteiger partial charge on any atom is -0.399 e. The summed E-state index contributed by atoms with van der Waals surface area (Å²) in [6.45, 7) is 3.50. The number of benzene rings is 1. The summed E-state index contributed by atoms with van der Waals surface area (Å²) in [5.74, 6) is -2.72. The molecule has 0 heterocycles.